The highest BCUT2D eigenvalue weighted by Crippen LogP contribution is 2.29. The molecule has 0 saturated heterocycles. The molecule has 2 amide bonds. The molecule has 0 bridgehead atoms. The van der Waals surface area contributed by atoms with E-state index in [0.717, 1.165) is 0 Å². The Morgan fingerprint density at radius 2 is 1.81 bits per heavy atom. The summed E-state index contributed by atoms with van der Waals surface area (Å²) in [7, 11) is 1.48. The molecule has 1 atom stereocenters. The minimum absolute atomic E-state index is 0.111. The minimum Gasteiger partial charge on any atom is -0.495 e. The summed E-state index contributed by atoms with van der Waals surface area (Å²) in [5.74, 6) is -0.209. The average Bonchev–Trinajstić information content (AvgIpc) is 2.61. The first-order valence-corrected chi connectivity index (χ1v) is 8.08. The van der Waals surface area contributed by atoms with Crippen molar-refractivity contribution in [3.63, 3.8) is 0 Å². The molecule has 0 saturated carbocycles. The normalized spacial score (nSPS) is 11.2. The van der Waals surface area contributed by atoms with Crippen LogP contribution in [0, 0.1) is 10.1 Å². The molecule has 2 aromatic rings. The number of nitro benzene ring substituents is 1. The fourth-order valence-electron chi connectivity index (χ4n) is 2.38. The third-order valence-electron chi connectivity index (χ3n) is 3.64. The van der Waals surface area contributed by atoms with Crippen LogP contribution in [0.4, 0.5) is 22.7 Å². The summed E-state index contributed by atoms with van der Waals surface area (Å²) in [6.07, 6.45) is 0. The first-order valence-electron chi connectivity index (χ1n) is 8.08. The Hall–Kier alpha value is -3.62. The summed E-state index contributed by atoms with van der Waals surface area (Å²) in [5.41, 5.74) is 0.953. The topological polar surface area (TPSA) is 123 Å². The second-order valence-electron chi connectivity index (χ2n) is 5.73. The molecule has 0 aliphatic heterocycles. The van der Waals surface area contributed by atoms with Crippen LogP contribution in [0.5, 0.6) is 5.75 Å². The highest BCUT2D eigenvalue weighted by Gasteiger charge is 2.19. The summed E-state index contributed by atoms with van der Waals surface area (Å²) < 4.78 is 5.26. The molecule has 0 aliphatic carbocycles. The van der Waals surface area contributed by atoms with Gasteiger partial charge in [-0.05, 0) is 31.2 Å². The van der Waals surface area contributed by atoms with Gasteiger partial charge in [0.25, 0.3) is 5.69 Å². The lowest BCUT2D eigenvalue weighted by molar-refractivity contribution is -0.383. The zero-order chi connectivity index (χ0) is 20.0. The van der Waals surface area contributed by atoms with Crippen molar-refractivity contribution in [1.29, 1.82) is 0 Å². The number of nitro groups is 1. The van der Waals surface area contributed by atoms with Gasteiger partial charge in [-0.3, -0.25) is 19.7 Å². The van der Waals surface area contributed by atoms with Gasteiger partial charge in [-0.15, -0.1) is 0 Å². The fraction of sp³-hybridized carbons (Fsp3) is 0.222. The van der Waals surface area contributed by atoms with Crippen molar-refractivity contribution in [1.82, 2.24) is 0 Å². The number of nitrogens with one attached hydrogen (secondary N) is 3. The number of para-hydroxylation sites is 2. The number of anilines is 3. The zero-order valence-corrected chi connectivity index (χ0v) is 15.1. The van der Waals surface area contributed by atoms with Gasteiger partial charge >= 0.3 is 0 Å². The molecule has 2 aromatic carbocycles. The molecule has 0 aliphatic rings. The number of ether oxygens (including phenoxy) is 1. The Morgan fingerprint density at radius 1 is 1.11 bits per heavy atom. The van der Waals surface area contributed by atoms with E-state index in [1.807, 2.05) is 0 Å². The molecule has 27 heavy (non-hydrogen) atoms. The van der Waals surface area contributed by atoms with Crippen molar-refractivity contribution in [3.8, 4) is 5.75 Å². The van der Waals surface area contributed by atoms with Crippen molar-refractivity contribution in [2.75, 3.05) is 23.1 Å². The molecule has 142 valence electrons. The molecule has 0 fully saturated rings. The van der Waals surface area contributed by atoms with Crippen LogP contribution in [0.25, 0.3) is 0 Å². The lowest BCUT2D eigenvalue weighted by Crippen LogP contribution is -2.32. The van der Waals surface area contributed by atoms with E-state index in [-0.39, 0.29) is 17.3 Å². The smallest absolute Gasteiger partial charge is 0.292 e. The average molecular weight is 372 g/mol. The number of hydrogen-bond acceptors (Lipinski definition) is 6. The number of nitrogens with zero attached hydrogens (tertiary/aromatic N) is 1. The predicted molar refractivity (Wildman–Crippen MR) is 102 cm³/mol. The second kappa shape index (κ2) is 8.65. The van der Waals surface area contributed by atoms with Crippen molar-refractivity contribution in [2.45, 2.75) is 19.9 Å². The molecular formula is C18H20N4O5. The van der Waals surface area contributed by atoms with Gasteiger partial charge in [-0.1, -0.05) is 12.1 Å². The zero-order valence-electron chi connectivity index (χ0n) is 15.1. The Bertz CT molecular complexity index is 869. The highest BCUT2D eigenvalue weighted by molar-refractivity contribution is 5.98. The Morgan fingerprint density at radius 3 is 2.44 bits per heavy atom. The molecule has 3 N–H and O–H groups in total. The molecule has 9 heteroatoms. The summed E-state index contributed by atoms with van der Waals surface area (Å²) in [4.78, 5) is 34.2. The van der Waals surface area contributed by atoms with Gasteiger partial charge in [0.15, 0.2) is 0 Å². The molecular weight excluding hydrogens is 352 g/mol. The van der Waals surface area contributed by atoms with Crippen LogP contribution in [-0.2, 0) is 9.59 Å². The lowest BCUT2D eigenvalue weighted by Gasteiger charge is -2.18. The molecule has 2 rings (SSSR count). The number of rotatable bonds is 7. The molecule has 9 nitrogen and oxygen atoms in total. The minimum atomic E-state index is -0.730. The van der Waals surface area contributed by atoms with Crippen molar-refractivity contribution in [2.24, 2.45) is 0 Å². The van der Waals surface area contributed by atoms with Gasteiger partial charge in [-0.2, -0.15) is 0 Å². The Labute approximate surface area is 155 Å². The predicted octanol–water partition coefficient (Wildman–Crippen LogP) is 3.00. The van der Waals surface area contributed by atoms with E-state index < -0.39 is 16.9 Å². The number of carbonyl (C=O) groups excluding carboxylic acids is 2. The third kappa shape index (κ3) is 5.18. The Balaban J connectivity index is 2.16. The van der Waals surface area contributed by atoms with Gasteiger partial charge < -0.3 is 20.7 Å². The SMILES string of the molecule is COc1ccc(NC(C)=O)cc1N[C@@H](C)C(=O)Nc1ccccc1[N+](=O)[O-]. The Kier molecular flexibility index (Phi) is 6.32. The standard InChI is InChI=1S/C18H20N4O5/c1-11(18(24)21-14-6-4-5-7-16(14)22(25)26)19-15-10-13(20-12(2)23)8-9-17(15)27-3/h4-11,19H,1-3H3,(H,20,23)(H,21,24)/t11-/m0/s1. The number of amides is 2. The molecule has 0 unspecified atom stereocenters. The lowest BCUT2D eigenvalue weighted by atomic mass is 10.2. The molecule has 0 heterocycles. The van der Waals surface area contributed by atoms with Gasteiger partial charge in [0.1, 0.15) is 17.5 Å². The van der Waals surface area contributed by atoms with E-state index in [1.54, 1.807) is 31.2 Å². The number of hydrogen-bond donors (Lipinski definition) is 3. The number of methoxy groups -OCH3 is 1. The van der Waals surface area contributed by atoms with E-state index in [4.69, 9.17) is 4.74 Å². The summed E-state index contributed by atoms with van der Waals surface area (Å²) in [6, 6.07) is 10.1. The van der Waals surface area contributed by atoms with Gasteiger partial charge in [0.2, 0.25) is 11.8 Å². The van der Waals surface area contributed by atoms with Crippen LogP contribution in [0.15, 0.2) is 42.5 Å². The van der Waals surface area contributed by atoms with Crippen LogP contribution >= 0.6 is 0 Å². The number of benzene rings is 2. The highest BCUT2D eigenvalue weighted by atomic mass is 16.6. The monoisotopic (exact) mass is 372 g/mol. The summed E-state index contributed by atoms with van der Waals surface area (Å²) >= 11 is 0. The van der Waals surface area contributed by atoms with Crippen molar-refractivity contribution < 1.29 is 19.2 Å². The van der Waals surface area contributed by atoms with Crippen LogP contribution in [0.2, 0.25) is 0 Å². The van der Waals surface area contributed by atoms with Gasteiger partial charge in [0, 0.05) is 18.7 Å². The van der Waals surface area contributed by atoms with Crippen LogP contribution in [0.3, 0.4) is 0 Å². The van der Waals surface area contributed by atoms with Crippen LogP contribution in [-0.4, -0.2) is 29.9 Å². The molecule has 0 radical (unpaired) electrons. The fourth-order valence-corrected chi connectivity index (χ4v) is 2.38. The van der Waals surface area contributed by atoms with Gasteiger partial charge in [-0.25, -0.2) is 0 Å². The van der Waals surface area contributed by atoms with E-state index >= 15 is 0 Å². The summed E-state index contributed by atoms with van der Waals surface area (Å²) in [6.45, 7) is 2.99. The van der Waals surface area contributed by atoms with E-state index in [2.05, 4.69) is 16.0 Å². The first-order chi connectivity index (χ1) is 12.8. The third-order valence-corrected chi connectivity index (χ3v) is 3.64. The van der Waals surface area contributed by atoms with E-state index in [0.29, 0.717) is 17.1 Å². The van der Waals surface area contributed by atoms with Crippen LogP contribution in [0.1, 0.15) is 13.8 Å². The van der Waals surface area contributed by atoms with E-state index in [9.17, 15) is 19.7 Å². The first kappa shape index (κ1) is 19.7. The van der Waals surface area contributed by atoms with Crippen molar-refractivity contribution in [3.05, 3.63) is 52.6 Å². The van der Waals surface area contributed by atoms with Crippen LogP contribution < -0.4 is 20.7 Å². The largest absolute Gasteiger partial charge is 0.495 e. The molecule has 0 aromatic heterocycles. The maximum absolute atomic E-state index is 12.4. The van der Waals surface area contributed by atoms with Crippen molar-refractivity contribution >= 4 is 34.6 Å². The number of carbonyl (C=O) groups is 2. The van der Waals surface area contributed by atoms with E-state index in [1.165, 1.54) is 32.2 Å². The summed E-state index contributed by atoms with van der Waals surface area (Å²) in [5, 5.41) is 19.2. The maximum Gasteiger partial charge on any atom is 0.292 e. The maximum atomic E-state index is 12.4. The van der Waals surface area contributed by atoms with Gasteiger partial charge in [0.05, 0.1) is 17.7 Å². The quantitative estimate of drug-likeness (QED) is 0.507. The second-order valence-corrected chi connectivity index (χ2v) is 5.73. The molecule has 0 spiro atoms.